The van der Waals surface area contributed by atoms with Crippen LogP contribution in [-0.4, -0.2) is 37.7 Å². The Morgan fingerprint density at radius 2 is 1.86 bits per heavy atom. The van der Waals surface area contributed by atoms with E-state index in [0.29, 0.717) is 25.6 Å². The van der Waals surface area contributed by atoms with Crippen molar-refractivity contribution >= 4 is 35.8 Å². The lowest BCUT2D eigenvalue weighted by molar-refractivity contribution is -0.137. The van der Waals surface area contributed by atoms with Gasteiger partial charge in [-0.15, -0.1) is 24.0 Å². The van der Waals surface area contributed by atoms with E-state index in [2.05, 4.69) is 25.9 Å². The monoisotopic (exact) mass is 523 g/mol. The minimum Gasteiger partial charge on any atom is -0.496 e. The molecule has 1 heterocycles. The zero-order valence-electron chi connectivity index (χ0n) is 16.2. The Balaban J connectivity index is 0.00000420. The molecule has 0 spiro atoms. The number of nitrogens with zero attached hydrogens (tertiary/aromatic N) is 2. The van der Waals surface area contributed by atoms with Gasteiger partial charge in [-0.2, -0.15) is 13.2 Å². The number of nitrogens with one attached hydrogen (secondary N) is 3. The summed E-state index contributed by atoms with van der Waals surface area (Å²) in [6.07, 6.45) is -3.13. The van der Waals surface area contributed by atoms with Crippen LogP contribution in [0.4, 0.5) is 19.0 Å². The molecule has 6 nitrogen and oxygen atoms in total. The Hall–Kier alpha value is -2.24. The first kappa shape index (κ1) is 24.8. The fraction of sp³-hybridized carbons (Fsp3) is 0.368. The summed E-state index contributed by atoms with van der Waals surface area (Å²) in [5.74, 6) is 1.12. The molecular weight excluding hydrogens is 498 g/mol. The van der Waals surface area contributed by atoms with Gasteiger partial charge in [-0.25, -0.2) is 9.98 Å². The van der Waals surface area contributed by atoms with E-state index in [1.807, 2.05) is 31.2 Å². The molecule has 0 atom stereocenters. The van der Waals surface area contributed by atoms with E-state index in [-0.39, 0.29) is 36.3 Å². The zero-order valence-corrected chi connectivity index (χ0v) is 18.5. The van der Waals surface area contributed by atoms with Crippen LogP contribution >= 0.6 is 24.0 Å². The van der Waals surface area contributed by atoms with Crippen LogP contribution < -0.4 is 20.7 Å². The highest BCUT2D eigenvalue weighted by atomic mass is 127. The number of methoxy groups -OCH3 is 1. The molecule has 0 amide bonds. The summed E-state index contributed by atoms with van der Waals surface area (Å²) in [6.45, 7) is 3.61. The van der Waals surface area contributed by atoms with Crippen molar-refractivity contribution in [1.82, 2.24) is 15.6 Å². The van der Waals surface area contributed by atoms with Gasteiger partial charge in [0.05, 0.1) is 19.2 Å². The Morgan fingerprint density at radius 1 is 1.10 bits per heavy atom. The molecule has 0 fully saturated rings. The summed E-state index contributed by atoms with van der Waals surface area (Å²) >= 11 is 0. The van der Waals surface area contributed by atoms with Gasteiger partial charge in [0.15, 0.2) is 5.96 Å². The van der Waals surface area contributed by atoms with Crippen molar-refractivity contribution in [2.24, 2.45) is 4.99 Å². The highest BCUT2D eigenvalue weighted by Crippen LogP contribution is 2.33. The highest BCUT2D eigenvalue weighted by molar-refractivity contribution is 14.0. The van der Waals surface area contributed by atoms with Crippen molar-refractivity contribution in [2.45, 2.75) is 19.6 Å². The number of aromatic nitrogens is 1. The molecule has 1 aromatic heterocycles. The topological polar surface area (TPSA) is 70.6 Å². The lowest BCUT2D eigenvalue weighted by Gasteiger charge is -2.15. The largest absolute Gasteiger partial charge is 0.496 e. The van der Waals surface area contributed by atoms with E-state index in [4.69, 9.17) is 4.74 Å². The molecule has 2 aromatic rings. The van der Waals surface area contributed by atoms with Gasteiger partial charge < -0.3 is 20.7 Å². The predicted molar refractivity (Wildman–Crippen MR) is 119 cm³/mol. The average Bonchev–Trinajstić information content (AvgIpc) is 2.69. The molecule has 29 heavy (non-hydrogen) atoms. The van der Waals surface area contributed by atoms with Crippen molar-refractivity contribution in [2.75, 3.05) is 32.1 Å². The van der Waals surface area contributed by atoms with Gasteiger partial charge in [0, 0.05) is 31.4 Å². The Labute approximate surface area is 185 Å². The lowest BCUT2D eigenvalue weighted by atomic mass is 10.2. The summed E-state index contributed by atoms with van der Waals surface area (Å²) in [6, 6.07) is 9.84. The second-order valence-electron chi connectivity index (χ2n) is 5.76. The molecule has 0 unspecified atom stereocenters. The molecule has 0 saturated heterocycles. The summed E-state index contributed by atoms with van der Waals surface area (Å²) < 4.78 is 44.2. The average molecular weight is 523 g/mol. The molecular formula is C19H25F3IN5O. The Bertz CT molecular complexity index is 786. The van der Waals surface area contributed by atoms with E-state index in [9.17, 15) is 13.2 Å². The normalized spacial score (nSPS) is 11.4. The molecule has 3 N–H and O–H groups in total. The first-order valence-corrected chi connectivity index (χ1v) is 8.85. The third kappa shape index (κ3) is 7.95. The molecule has 0 radical (unpaired) electrons. The maximum Gasteiger partial charge on any atom is 0.419 e. The van der Waals surface area contributed by atoms with Gasteiger partial charge in [0.25, 0.3) is 0 Å². The van der Waals surface area contributed by atoms with Gasteiger partial charge in [0.1, 0.15) is 11.6 Å². The van der Waals surface area contributed by atoms with Crippen molar-refractivity contribution < 1.29 is 17.9 Å². The van der Waals surface area contributed by atoms with Gasteiger partial charge in [-0.1, -0.05) is 18.2 Å². The van der Waals surface area contributed by atoms with E-state index in [0.717, 1.165) is 17.4 Å². The fourth-order valence-electron chi connectivity index (χ4n) is 2.48. The van der Waals surface area contributed by atoms with Crippen molar-refractivity contribution in [3.05, 3.63) is 53.7 Å². The number of hydrogen-bond donors (Lipinski definition) is 3. The predicted octanol–water partition coefficient (Wildman–Crippen LogP) is 3.89. The second-order valence-corrected chi connectivity index (χ2v) is 5.76. The Kier molecular flexibility index (Phi) is 10.6. The van der Waals surface area contributed by atoms with Crippen molar-refractivity contribution in [1.29, 1.82) is 0 Å². The fourth-order valence-corrected chi connectivity index (χ4v) is 2.48. The van der Waals surface area contributed by atoms with Gasteiger partial charge in [-0.05, 0) is 25.1 Å². The van der Waals surface area contributed by atoms with Gasteiger partial charge >= 0.3 is 6.18 Å². The number of para-hydroxylation sites is 1. The van der Waals surface area contributed by atoms with Gasteiger partial charge in [0.2, 0.25) is 0 Å². The van der Waals surface area contributed by atoms with Crippen LogP contribution in [0.2, 0.25) is 0 Å². The summed E-state index contributed by atoms with van der Waals surface area (Å²) in [7, 11) is 1.60. The number of rotatable bonds is 8. The maximum absolute atomic E-state index is 13.0. The van der Waals surface area contributed by atoms with Crippen LogP contribution in [-0.2, 0) is 12.7 Å². The van der Waals surface area contributed by atoms with E-state index < -0.39 is 11.7 Å². The quantitative estimate of drug-likeness (QED) is 0.212. The van der Waals surface area contributed by atoms with Crippen LogP contribution in [0.15, 0.2) is 47.6 Å². The number of benzene rings is 1. The number of halogens is 4. The second kappa shape index (κ2) is 12.3. The smallest absolute Gasteiger partial charge is 0.419 e. The summed E-state index contributed by atoms with van der Waals surface area (Å²) in [4.78, 5) is 8.26. The minimum atomic E-state index is -4.45. The van der Waals surface area contributed by atoms with E-state index in [1.54, 1.807) is 7.11 Å². The molecule has 10 heteroatoms. The first-order chi connectivity index (χ1) is 13.5. The number of anilines is 1. The molecule has 160 valence electrons. The lowest BCUT2D eigenvalue weighted by Crippen LogP contribution is -2.39. The van der Waals surface area contributed by atoms with Crippen LogP contribution in [0.25, 0.3) is 0 Å². The molecule has 2 rings (SSSR count). The first-order valence-electron chi connectivity index (χ1n) is 8.85. The van der Waals surface area contributed by atoms with Crippen LogP contribution in [0.1, 0.15) is 18.1 Å². The van der Waals surface area contributed by atoms with Gasteiger partial charge in [-0.3, -0.25) is 0 Å². The number of pyridine rings is 1. The van der Waals surface area contributed by atoms with Crippen LogP contribution in [0, 0.1) is 0 Å². The Morgan fingerprint density at radius 3 is 2.55 bits per heavy atom. The third-order valence-electron chi connectivity index (χ3n) is 3.77. The van der Waals surface area contributed by atoms with Crippen molar-refractivity contribution in [3.63, 3.8) is 0 Å². The highest BCUT2D eigenvalue weighted by Gasteiger charge is 2.33. The SMILES string of the molecule is CCNC(=NCc1ccccc1OC)NCCNc1ncccc1C(F)(F)F.I. The summed E-state index contributed by atoms with van der Waals surface area (Å²) in [5.41, 5.74) is 0.148. The number of alkyl halides is 3. The van der Waals surface area contributed by atoms with Crippen LogP contribution in [0.5, 0.6) is 5.75 Å². The van der Waals surface area contributed by atoms with Crippen LogP contribution in [0.3, 0.4) is 0 Å². The molecule has 0 aliphatic rings. The molecule has 1 aromatic carbocycles. The molecule has 0 aliphatic carbocycles. The van der Waals surface area contributed by atoms with Crippen molar-refractivity contribution in [3.8, 4) is 5.75 Å². The van der Waals surface area contributed by atoms with E-state index in [1.165, 1.54) is 12.3 Å². The number of aliphatic imine (C=N–C) groups is 1. The minimum absolute atomic E-state index is 0. The number of ether oxygens (including phenoxy) is 1. The molecule has 0 saturated carbocycles. The number of hydrogen-bond acceptors (Lipinski definition) is 4. The zero-order chi connectivity index (χ0) is 20.4. The number of guanidine groups is 1. The molecule has 0 aliphatic heterocycles. The summed E-state index contributed by atoms with van der Waals surface area (Å²) in [5, 5.41) is 8.90. The maximum atomic E-state index is 13.0. The third-order valence-corrected chi connectivity index (χ3v) is 3.77. The standard InChI is InChI=1S/C19H24F3N5O.HI/c1-3-23-18(27-13-14-7-4-5-9-16(14)28-2)26-12-11-25-17-15(19(20,21)22)8-6-10-24-17;/h4-10H,3,11-13H2,1-2H3,(H,24,25)(H2,23,26,27);1H. The van der Waals surface area contributed by atoms with E-state index >= 15 is 0 Å². The molecule has 0 bridgehead atoms.